The van der Waals surface area contributed by atoms with Crippen molar-refractivity contribution in [2.24, 2.45) is 0 Å². The van der Waals surface area contributed by atoms with Crippen LogP contribution in [0.5, 0.6) is 0 Å². The van der Waals surface area contributed by atoms with E-state index in [1.807, 2.05) is 24.3 Å². The molecule has 1 atom stereocenters. The van der Waals surface area contributed by atoms with E-state index in [0.717, 1.165) is 11.1 Å². The van der Waals surface area contributed by atoms with Crippen molar-refractivity contribution < 1.29 is 9.52 Å². The van der Waals surface area contributed by atoms with E-state index in [1.54, 1.807) is 6.92 Å². The van der Waals surface area contributed by atoms with E-state index in [-0.39, 0.29) is 6.10 Å². The zero-order chi connectivity index (χ0) is 10.7. The fraction of sp³-hybridized carbons (Fsp3) is 0.364. The smallest absolute Gasteiger partial charge is 0.295 e. The van der Waals surface area contributed by atoms with Gasteiger partial charge in [0.25, 0.3) is 6.01 Å². The van der Waals surface area contributed by atoms with Crippen LogP contribution in [0.4, 0.5) is 6.01 Å². The fourth-order valence-electron chi connectivity index (χ4n) is 1.34. The third-order valence-electron chi connectivity index (χ3n) is 2.13. The third-order valence-corrected chi connectivity index (χ3v) is 2.13. The monoisotopic (exact) mass is 206 g/mol. The molecule has 0 saturated heterocycles. The highest BCUT2D eigenvalue weighted by Crippen LogP contribution is 2.17. The molecule has 15 heavy (non-hydrogen) atoms. The summed E-state index contributed by atoms with van der Waals surface area (Å²) < 4.78 is 5.45. The van der Waals surface area contributed by atoms with Crippen molar-refractivity contribution in [1.82, 2.24) is 4.98 Å². The van der Waals surface area contributed by atoms with Crippen LogP contribution in [-0.2, 0) is 0 Å². The number of hydrogen-bond donors (Lipinski definition) is 2. The summed E-state index contributed by atoms with van der Waals surface area (Å²) in [5.74, 6) is 0. The summed E-state index contributed by atoms with van der Waals surface area (Å²) in [5.41, 5.74) is 1.62. The summed E-state index contributed by atoms with van der Waals surface area (Å²) >= 11 is 0. The number of aliphatic hydroxyl groups excluding tert-OH is 1. The molecule has 1 aromatic heterocycles. The third kappa shape index (κ3) is 2.47. The van der Waals surface area contributed by atoms with E-state index in [1.165, 1.54) is 0 Å². The Morgan fingerprint density at radius 3 is 3.00 bits per heavy atom. The molecular formula is C11H14N2O2. The van der Waals surface area contributed by atoms with Gasteiger partial charge in [-0.2, -0.15) is 4.98 Å². The Hall–Kier alpha value is -1.55. The van der Waals surface area contributed by atoms with Gasteiger partial charge >= 0.3 is 0 Å². The molecule has 1 heterocycles. The van der Waals surface area contributed by atoms with Crippen LogP contribution in [0.2, 0.25) is 0 Å². The first kappa shape index (κ1) is 9.98. The van der Waals surface area contributed by atoms with Crippen molar-refractivity contribution >= 4 is 17.1 Å². The highest BCUT2D eigenvalue weighted by Gasteiger charge is 2.03. The lowest BCUT2D eigenvalue weighted by Crippen LogP contribution is -2.09. The highest BCUT2D eigenvalue weighted by atomic mass is 16.4. The summed E-state index contributed by atoms with van der Waals surface area (Å²) in [7, 11) is 0. The number of nitrogens with zero attached hydrogens (tertiary/aromatic N) is 1. The molecule has 0 saturated carbocycles. The normalized spacial score (nSPS) is 12.9. The zero-order valence-corrected chi connectivity index (χ0v) is 8.60. The Bertz CT molecular complexity index is 404. The van der Waals surface area contributed by atoms with Crippen LogP contribution in [0.1, 0.15) is 13.3 Å². The minimum Gasteiger partial charge on any atom is -0.424 e. The van der Waals surface area contributed by atoms with Crippen LogP contribution >= 0.6 is 0 Å². The molecule has 0 radical (unpaired) electrons. The Balaban J connectivity index is 2.03. The maximum Gasteiger partial charge on any atom is 0.295 e. The molecule has 0 aliphatic carbocycles. The predicted molar refractivity (Wildman–Crippen MR) is 58.8 cm³/mol. The van der Waals surface area contributed by atoms with E-state index in [4.69, 9.17) is 9.52 Å². The molecule has 4 nitrogen and oxygen atoms in total. The van der Waals surface area contributed by atoms with E-state index < -0.39 is 0 Å². The topological polar surface area (TPSA) is 58.3 Å². The van der Waals surface area contributed by atoms with Gasteiger partial charge in [0.1, 0.15) is 5.52 Å². The van der Waals surface area contributed by atoms with Gasteiger partial charge in [0.05, 0.1) is 6.10 Å². The number of oxazole rings is 1. The Morgan fingerprint density at radius 1 is 1.47 bits per heavy atom. The average Bonchev–Trinajstić information content (AvgIpc) is 2.59. The summed E-state index contributed by atoms with van der Waals surface area (Å²) in [5, 5.41) is 12.1. The van der Waals surface area contributed by atoms with Gasteiger partial charge in [-0.3, -0.25) is 0 Å². The highest BCUT2D eigenvalue weighted by molar-refractivity contribution is 5.74. The number of aromatic nitrogens is 1. The lowest BCUT2D eigenvalue weighted by Gasteiger charge is -2.03. The van der Waals surface area contributed by atoms with Crippen LogP contribution in [0, 0.1) is 0 Å². The number of fused-ring (bicyclic) bond motifs is 1. The van der Waals surface area contributed by atoms with Crippen molar-refractivity contribution in [1.29, 1.82) is 0 Å². The second-order valence-electron chi connectivity index (χ2n) is 3.55. The van der Waals surface area contributed by atoms with Crippen molar-refractivity contribution in [3.8, 4) is 0 Å². The lowest BCUT2D eigenvalue weighted by atomic mass is 10.3. The summed E-state index contributed by atoms with van der Waals surface area (Å²) in [6.45, 7) is 2.41. The second-order valence-corrected chi connectivity index (χ2v) is 3.55. The van der Waals surface area contributed by atoms with Crippen molar-refractivity contribution in [3.05, 3.63) is 24.3 Å². The van der Waals surface area contributed by atoms with Gasteiger partial charge in [-0.05, 0) is 25.5 Å². The summed E-state index contributed by atoms with van der Waals surface area (Å²) in [4.78, 5) is 4.25. The van der Waals surface area contributed by atoms with Gasteiger partial charge in [-0.15, -0.1) is 0 Å². The maximum atomic E-state index is 9.08. The number of hydrogen-bond acceptors (Lipinski definition) is 4. The summed E-state index contributed by atoms with van der Waals surface area (Å²) in [6.07, 6.45) is 0.375. The van der Waals surface area contributed by atoms with E-state index in [9.17, 15) is 0 Å². The molecule has 1 aromatic carbocycles. The number of benzene rings is 1. The molecule has 0 spiro atoms. The number of anilines is 1. The predicted octanol–water partition coefficient (Wildman–Crippen LogP) is 2.01. The standard InChI is InChI=1S/C11H14N2O2/c1-8(14)6-7-12-11-13-9-4-2-3-5-10(9)15-11/h2-5,8,14H,6-7H2,1H3,(H,12,13). The minimum atomic E-state index is -0.304. The first-order chi connectivity index (χ1) is 7.25. The fourth-order valence-corrected chi connectivity index (χ4v) is 1.34. The molecule has 0 fully saturated rings. The second kappa shape index (κ2) is 4.31. The molecule has 2 aromatic rings. The van der Waals surface area contributed by atoms with Crippen molar-refractivity contribution in [2.45, 2.75) is 19.4 Å². The zero-order valence-electron chi connectivity index (χ0n) is 8.60. The number of nitrogens with one attached hydrogen (secondary N) is 1. The van der Waals surface area contributed by atoms with Crippen molar-refractivity contribution in [3.63, 3.8) is 0 Å². The van der Waals surface area contributed by atoms with Crippen LogP contribution in [0.3, 0.4) is 0 Å². The minimum absolute atomic E-state index is 0.304. The number of rotatable bonds is 4. The van der Waals surface area contributed by atoms with E-state index in [2.05, 4.69) is 10.3 Å². The number of para-hydroxylation sites is 2. The molecule has 1 unspecified atom stereocenters. The first-order valence-corrected chi connectivity index (χ1v) is 5.03. The molecule has 2 N–H and O–H groups in total. The molecule has 0 bridgehead atoms. The molecular weight excluding hydrogens is 192 g/mol. The van der Waals surface area contributed by atoms with Crippen LogP contribution in [0.15, 0.2) is 28.7 Å². The maximum absolute atomic E-state index is 9.08. The van der Waals surface area contributed by atoms with Crippen LogP contribution < -0.4 is 5.32 Å². The first-order valence-electron chi connectivity index (χ1n) is 5.03. The number of aliphatic hydroxyl groups is 1. The van der Waals surface area contributed by atoms with Crippen molar-refractivity contribution in [2.75, 3.05) is 11.9 Å². The van der Waals surface area contributed by atoms with Gasteiger partial charge in [0.15, 0.2) is 5.58 Å². The quantitative estimate of drug-likeness (QED) is 0.803. The van der Waals surface area contributed by atoms with Crippen LogP contribution in [0.25, 0.3) is 11.1 Å². The Morgan fingerprint density at radius 2 is 2.27 bits per heavy atom. The Kier molecular flexibility index (Phi) is 2.87. The van der Waals surface area contributed by atoms with E-state index >= 15 is 0 Å². The average molecular weight is 206 g/mol. The van der Waals surface area contributed by atoms with Gasteiger partial charge in [-0.25, -0.2) is 0 Å². The van der Waals surface area contributed by atoms with E-state index in [0.29, 0.717) is 19.0 Å². The Labute approximate surface area is 87.9 Å². The molecule has 2 rings (SSSR count). The molecule has 80 valence electrons. The van der Waals surface area contributed by atoms with Gasteiger partial charge in [0, 0.05) is 6.54 Å². The molecule has 0 aliphatic rings. The lowest BCUT2D eigenvalue weighted by molar-refractivity contribution is 0.188. The van der Waals surface area contributed by atoms with Gasteiger partial charge in [0.2, 0.25) is 0 Å². The molecule has 0 amide bonds. The largest absolute Gasteiger partial charge is 0.424 e. The molecule has 0 aliphatic heterocycles. The van der Waals surface area contributed by atoms with Gasteiger partial charge in [-0.1, -0.05) is 12.1 Å². The van der Waals surface area contributed by atoms with Crippen LogP contribution in [-0.4, -0.2) is 22.7 Å². The summed E-state index contributed by atoms with van der Waals surface area (Å²) in [6, 6.07) is 8.12. The van der Waals surface area contributed by atoms with Gasteiger partial charge < -0.3 is 14.8 Å². The SMILES string of the molecule is CC(O)CCNc1nc2ccccc2o1. The molecule has 4 heteroatoms.